The maximum absolute atomic E-state index is 12.5. The van der Waals surface area contributed by atoms with Crippen molar-refractivity contribution < 1.29 is 23.8 Å². The first-order valence-electron chi connectivity index (χ1n) is 10.2. The van der Waals surface area contributed by atoms with Crippen LogP contribution in [-0.2, 0) is 20.8 Å². The second-order valence-electron chi connectivity index (χ2n) is 7.32. The smallest absolute Gasteiger partial charge is 0.338 e. The molecule has 0 fully saturated rings. The van der Waals surface area contributed by atoms with E-state index in [1.807, 2.05) is 0 Å². The highest BCUT2D eigenvalue weighted by Gasteiger charge is 2.34. The Bertz CT molecular complexity index is 1130. The fourth-order valence-electron chi connectivity index (χ4n) is 3.06. The minimum absolute atomic E-state index is 0.120. The van der Waals surface area contributed by atoms with Gasteiger partial charge in [0.25, 0.3) is 5.56 Å². The minimum Gasteiger partial charge on any atom is -0.459 e. The Labute approximate surface area is 189 Å². The van der Waals surface area contributed by atoms with E-state index < -0.39 is 28.8 Å². The molecule has 9 heteroatoms. The molecule has 1 heterocycles. The Morgan fingerprint density at radius 2 is 1.36 bits per heavy atom. The topological polar surface area (TPSA) is 117 Å². The summed E-state index contributed by atoms with van der Waals surface area (Å²) >= 11 is 0. The van der Waals surface area contributed by atoms with Gasteiger partial charge in [0.1, 0.15) is 18.8 Å². The van der Waals surface area contributed by atoms with Gasteiger partial charge in [0.05, 0.1) is 11.1 Å². The third kappa shape index (κ3) is 6.50. The Morgan fingerprint density at radius 1 is 0.848 bits per heavy atom. The van der Waals surface area contributed by atoms with Crippen LogP contribution in [0.25, 0.3) is 0 Å². The molecule has 172 valence electrons. The van der Waals surface area contributed by atoms with Gasteiger partial charge < -0.3 is 18.8 Å². The lowest BCUT2D eigenvalue weighted by Gasteiger charge is -2.31. The van der Waals surface area contributed by atoms with Crippen LogP contribution in [0.1, 0.15) is 27.1 Å². The summed E-state index contributed by atoms with van der Waals surface area (Å²) in [7, 11) is 1.41. The molecule has 1 N–H and O–H groups in total. The summed E-state index contributed by atoms with van der Waals surface area (Å²) in [6, 6.07) is 18.1. The van der Waals surface area contributed by atoms with Gasteiger partial charge in [-0.2, -0.15) is 0 Å². The number of aromatic amines is 1. The standard InChI is InChI=1S/C24H24N2O7/c1-31-24(13-15-26-14-12-20(27)25-23(26)30,16-32-21(28)18-8-4-2-5-9-18)17-33-22(29)19-10-6-3-7-11-19/h2-12,14H,13,15-17H2,1H3,(H,25,27,30). The zero-order valence-corrected chi connectivity index (χ0v) is 18.1. The molecule has 0 aliphatic rings. The number of carbonyl (C=O) groups is 2. The van der Waals surface area contributed by atoms with Crippen molar-refractivity contribution in [2.75, 3.05) is 20.3 Å². The second kappa shape index (κ2) is 11.1. The van der Waals surface area contributed by atoms with Crippen LogP contribution in [0, 0.1) is 0 Å². The average molecular weight is 452 g/mol. The molecule has 0 saturated carbocycles. The molecule has 0 saturated heterocycles. The van der Waals surface area contributed by atoms with Crippen molar-refractivity contribution in [3.63, 3.8) is 0 Å². The first-order chi connectivity index (χ1) is 15.9. The number of benzene rings is 2. The maximum atomic E-state index is 12.5. The van der Waals surface area contributed by atoms with Crippen LogP contribution in [0.15, 0.2) is 82.5 Å². The molecule has 2 aromatic carbocycles. The first kappa shape index (κ1) is 23.7. The van der Waals surface area contributed by atoms with Crippen molar-refractivity contribution in [3.8, 4) is 0 Å². The second-order valence-corrected chi connectivity index (χ2v) is 7.32. The molecule has 0 aliphatic heterocycles. The van der Waals surface area contributed by atoms with Gasteiger partial charge in [-0.25, -0.2) is 14.4 Å². The predicted molar refractivity (Wildman–Crippen MR) is 119 cm³/mol. The van der Waals surface area contributed by atoms with Gasteiger partial charge in [0.2, 0.25) is 0 Å². The molecule has 0 unspecified atom stereocenters. The highest BCUT2D eigenvalue weighted by atomic mass is 16.6. The van der Waals surface area contributed by atoms with Gasteiger partial charge in [-0.05, 0) is 24.3 Å². The van der Waals surface area contributed by atoms with Crippen molar-refractivity contribution in [1.29, 1.82) is 0 Å². The number of ether oxygens (including phenoxy) is 3. The van der Waals surface area contributed by atoms with Crippen LogP contribution in [-0.4, -0.2) is 47.4 Å². The Morgan fingerprint density at radius 3 is 1.82 bits per heavy atom. The number of aryl methyl sites for hydroxylation is 1. The first-order valence-corrected chi connectivity index (χ1v) is 10.2. The molecule has 3 rings (SSSR count). The van der Waals surface area contributed by atoms with E-state index in [4.69, 9.17) is 14.2 Å². The fraction of sp³-hybridized carbons (Fsp3) is 0.250. The largest absolute Gasteiger partial charge is 0.459 e. The fourth-order valence-corrected chi connectivity index (χ4v) is 3.06. The number of nitrogens with zero attached hydrogens (tertiary/aromatic N) is 1. The SMILES string of the molecule is COC(CCn1ccc(=O)[nH]c1=O)(COC(=O)c1ccccc1)COC(=O)c1ccccc1. The maximum Gasteiger partial charge on any atom is 0.338 e. The number of hydrogen-bond acceptors (Lipinski definition) is 7. The summed E-state index contributed by atoms with van der Waals surface area (Å²) in [6.07, 6.45) is 1.51. The number of nitrogens with one attached hydrogen (secondary N) is 1. The molecule has 0 atom stereocenters. The molecule has 0 radical (unpaired) electrons. The third-order valence-electron chi connectivity index (χ3n) is 5.09. The number of methoxy groups -OCH3 is 1. The van der Waals surface area contributed by atoms with Gasteiger partial charge >= 0.3 is 17.6 Å². The lowest BCUT2D eigenvalue weighted by atomic mass is 10.0. The zero-order chi connectivity index (χ0) is 23.7. The van der Waals surface area contributed by atoms with Crippen LogP contribution < -0.4 is 11.2 Å². The summed E-state index contributed by atoms with van der Waals surface area (Å²) in [5.74, 6) is -1.12. The Kier molecular flexibility index (Phi) is 7.93. The van der Waals surface area contributed by atoms with Crippen LogP contribution in [0.4, 0.5) is 0 Å². The quantitative estimate of drug-likeness (QED) is 0.468. The highest BCUT2D eigenvalue weighted by Crippen LogP contribution is 2.20. The molecule has 9 nitrogen and oxygen atoms in total. The van der Waals surface area contributed by atoms with Crippen molar-refractivity contribution in [1.82, 2.24) is 9.55 Å². The Hall–Kier alpha value is -3.98. The third-order valence-corrected chi connectivity index (χ3v) is 5.09. The lowest BCUT2D eigenvalue weighted by molar-refractivity contribution is -0.101. The zero-order valence-electron chi connectivity index (χ0n) is 18.1. The molecule has 0 aliphatic carbocycles. The van der Waals surface area contributed by atoms with E-state index >= 15 is 0 Å². The van der Waals surface area contributed by atoms with Crippen LogP contribution in [0.5, 0.6) is 0 Å². The van der Waals surface area contributed by atoms with Gasteiger partial charge in [-0.15, -0.1) is 0 Å². The van der Waals surface area contributed by atoms with Crippen LogP contribution in [0.3, 0.4) is 0 Å². The molecule has 3 aromatic rings. The van der Waals surface area contributed by atoms with Crippen LogP contribution in [0.2, 0.25) is 0 Å². The summed E-state index contributed by atoms with van der Waals surface area (Å²) in [5, 5.41) is 0. The number of carbonyl (C=O) groups excluding carboxylic acids is 2. The number of hydrogen-bond donors (Lipinski definition) is 1. The lowest BCUT2D eigenvalue weighted by Crippen LogP contribution is -2.45. The molecule has 1 aromatic heterocycles. The van der Waals surface area contributed by atoms with E-state index in [0.717, 1.165) is 0 Å². The van der Waals surface area contributed by atoms with E-state index in [0.29, 0.717) is 11.1 Å². The van der Waals surface area contributed by atoms with Gasteiger partial charge in [-0.1, -0.05) is 36.4 Å². The Balaban J connectivity index is 1.76. The molecule has 0 bridgehead atoms. The summed E-state index contributed by atoms with van der Waals surface area (Å²) < 4.78 is 17.9. The number of esters is 2. The van der Waals surface area contributed by atoms with Crippen LogP contribution >= 0.6 is 0 Å². The number of aromatic nitrogens is 2. The van der Waals surface area contributed by atoms with Gasteiger partial charge in [-0.3, -0.25) is 9.78 Å². The van der Waals surface area contributed by atoms with E-state index in [2.05, 4.69) is 4.98 Å². The predicted octanol–water partition coefficient (Wildman–Crippen LogP) is 2.03. The van der Waals surface area contributed by atoms with Gasteiger partial charge in [0.15, 0.2) is 0 Å². The number of H-pyrrole nitrogens is 1. The van der Waals surface area contributed by atoms with E-state index in [1.165, 1.54) is 23.9 Å². The van der Waals surface area contributed by atoms with Gasteiger partial charge in [0, 0.05) is 32.3 Å². The summed E-state index contributed by atoms with van der Waals surface area (Å²) in [5.41, 5.74) is -1.61. The normalized spacial score (nSPS) is 11.1. The van der Waals surface area contributed by atoms with Crippen molar-refractivity contribution in [3.05, 3.63) is 105 Å². The van der Waals surface area contributed by atoms with E-state index in [1.54, 1.807) is 60.7 Å². The average Bonchev–Trinajstić information content (AvgIpc) is 2.85. The molecular weight excluding hydrogens is 428 g/mol. The monoisotopic (exact) mass is 452 g/mol. The van der Waals surface area contributed by atoms with Crippen molar-refractivity contribution >= 4 is 11.9 Å². The molecular formula is C24H24N2O7. The van der Waals surface area contributed by atoms with E-state index in [-0.39, 0.29) is 26.2 Å². The molecule has 0 amide bonds. The molecule has 33 heavy (non-hydrogen) atoms. The van der Waals surface area contributed by atoms with Crippen molar-refractivity contribution in [2.45, 2.75) is 18.6 Å². The summed E-state index contributed by atoms with van der Waals surface area (Å²) in [6.45, 7) is -0.329. The van der Waals surface area contributed by atoms with Crippen molar-refractivity contribution in [2.24, 2.45) is 0 Å². The number of rotatable bonds is 10. The molecule has 0 spiro atoms. The van der Waals surface area contributed by atoms with E-state index in [9.17, 15) is 19.2 Å². The summed E-state index contributed by atoms with van der Waals surface area (Å²) in [4.78, 5) is 50.4. The minimum atomic E-state index is -1.23. The highest BCUT2D eigenvalue weighted by molar-refractivity contribution is 5.89.